The number of rotatable bonds is 13. The second kappa shape index (κ2) is 12.8. The molecular weight excluding hydrogens is 396 g/mol. The molecule has 31 heavy (non-hydrogen) atoms. The van der Waals surface area contributed by atoms with Crippen LogP contribution in [0.5, 0.6) is 0 Å². The average molecular weight is 439 g/mol. The van der Waals surface area contributed by atoms with E-state index in [1.807, 2.05) is 34.6 Å². The molecule has 0 bridgehead atoms. The van der Waals surface area contributed by atoms with E-state index < -0.39 is 23.5 Å². The zero-order valence-electron chi connectivity index (χ0n) is 20.2. The quantitative estimate of drug-likeness (QED) is 0.270. The fraction of sp³-hybridized carbons (Fsp3) is 0.792. The summed E-state index contributed by atoms with van der Waals surface area (Å²) in [6, 6.07) is -1.18. The minimum atomic E-state index is -0.899. The van der Waals surface area contributed by atoms with Crippen LogP contribution < -0.4 is 5.32 Å². The van der Waals surface area contributed by atoms with Crippen LogP contribution in [0, 0.1) is 5.92 Å². The molecule has 1 saturated carbocycles. The molecule has 1 rings (SSSR count). The number of amides is 2. The van der Waals surface area contributed by atoms with Crippen molar-refractivity contribution in [3.63, 3.8) is 0 Å². The molecule has 0 aliphatic heterocycles. The van der Waals surface area contributed by atoms with E-state index in [1.165, 1.54) is 4.90 Å². The van der Waals surface area contributed by atoms with Gasteiger partial charge in [0.2, 0.25) is 12.3 Å². The minimum absolute atomic E-state index is 0.0303. The summed E-state index contributed by atoms with van der Waals surface area (Å²) in [5.74, 6) is -1.26. The maximum absolute atomic E-state index is 13.3. The Bertz CT molecular complexity index is 608. The summed E-state index contributed by atoms with van der Waals surface area (Å²) in [5.41, 5.74) is 0.382. The molecule has 3 atom stereocenters. The molecule has 0 heterocycles. The molecule has 0 unspecified atom stereocenters. The van der Waals surface area contributed by atoms with Gasteiger partial charge in [-0.25, -0.2) is 4.79 Å². The predicted molar refractivity (Wildman–Crippen MR) is 121 cm³/mol. The SMILES string of the molecule is C=C(C)C[C@@H](C(=O)N[C@@H](COC(C)(C)C)C(=O)OC1CCCC1)[C@H](CCC)N(C)C=O. The van der Waals surface area contributed by atoms with Crippen molar-refractivity contribution in [1.82, 2.24) is 10.2 Å². The van der Waals surface area contributed by atoms with Gasteiger partial charge in [-0.3, -0.25) is 9.59 Å². The van der Waals surface area contributed by atoms with Crippen LogP contribution in [0.2, 0.25) is 0 Å². The van der Waals surface area contributed by atoms with E-state index in [1.54, 1.807) is 7.05 Å². The van der Waals surface area contributed by atoms with Crippen LogP contribution in [0.25, 0.3) is 0 Å². The second-order valence-electron chi connectivity index (χ2n) is 9.72. The Kier molecular flexibility index (Phi) is 11.2. The molecule has 0 spiro atoms. The maximum Gasteiger partial charge on any atom is 0.331 e. The van der Waals surface area contributed by atoms with Crippen LogP contribution in [0.1, 0.15) is 79.6 Å². The number of hydrogen-bond donors (Lipinski definition) is 1. The zero-order valence-corrected chi connectivity index (χ0v) is 20.2. The highest BCUT2D eigenvalue weighted by Gasteiger charge is 2.35. The molecule has 1 fully saturated rings. The Hall–Kier alpha value is -1.89. The van der Waals surface area contributed by atoms with Crippen molar-refractivity contribution < 1.29 is 23.9 Å². The summed E-state index contributed by atoms with van der Waals surface area (Å²) >= 11 is 0. The van der Waals surface area contributed by atoms with E-state index in [2.05, 4.69) is 11.9 Å². The highest BCUT2D eigenvalue weighted by Crippen LogP contribution is 2.24. The largest absolute Gasteiger partial charge is 0.461 e. The average Bonchev–Trinajstić information content (AvgIpc) is 3.18. The van der Waals surface area contributed by atoms with E-state index in [9.17, 15) is 14.4 Å². The number of nitrogens with one attached hydrogen (secondary N) is 1. The highest BCUT2D eigenvalue weighted by molar-refractivity contribution is 5.86. The molecule has 7 nitrogen and oxygen atoms in total. The first-order valence-corrected chi connectivity index (χ1v) is 11.4. The van der Waals surface area contributed by atoms with E-state index in [-0.39, 0.29) is 24.7 Å². The minimum Gasteiger partial charge on any atom is -0.461 e. The first-order valence-electron chi connectivity index (χ1n) is 11.4. The van der Waals surface area contributed by atoms with Crippen molar-refractivity contribution in [3.05, 3.63) is 12.2 Å². The van der Waals surface area contributed by atoms with Gasteiger partial charge in [-0.1, -0.05) is 18.9 Å². The molecule has 0 aromatic carbocycles. The first-order chi connectivity index (χ1) is 14.5. The number of carbonyl (C=O) groups is 3. The summed E-state index contributed by atoms with van der Waals surface area (Å²) in [4.78, 5) is 39.2. The Labute approximate surface area is 187 Å². The van der Waals surface area contributed by atoms with Gasteiger partial charge in [-0.15, -0.1) is 6.58 Å². The smallest absolute Gasteiger partial charge is 0.331 e. The molecule has 0 saturated heterocycles. The molecule has 1 aliphatic carbocycles. The zero-order chi connectivity index (χ0) is 23.6. The molecule has 178 valence electrons. The lowest BCUT2D eigenvalue weighted by molar-refractivity contribution is -0.157. The van der Waals surface area contributed by atoms with Crippen LogP contribution >= 0.6 is 0 Å². The van der Waals surface area contributed by atoms with Gasteiger partial charge >= 0.3 is 5.97 Å². The monoisotopic (exact) mass is 438 g/mol. The van der Waals surface area contributed by atoms with Crippen molar-refractivity contribution in [1.29, 1.82) is 0 Å². The molecule has 2 amide bonds. The van der Waals surface area contributed by atoms with E-state index >= 15 is 0 Å². The number of carbonyl (C=O) groups excluding carboxylic acids is 3. The standard InChI is InChI=1S/C24H42N2O5/c1-8-11-21(26(7)16-27)19(14-17(2)3)22(28)25-20(15-30-24(4,5)6)23(29)31-18-12-9-10-13-18/h16,18-21H,2,8-15H2,1,3-7H3,(H,25,28)/t19-,20+,21+/m1/s1. The number of hydrogen-bond acceptors (Lipinski definition) is 5. The fourth-order valence-electron chi connectivity index (χ4n) is 3.87. The van der Waals surface area contributed by atoms with Crippen LogP contribution in [-0.4, -0.2) is 60.6 Å². The summed E-state index contributed by atoms with van der Waals surface area (Å²) in [5, 5.41) is 2.86. The van der Waals surface area contributed by atoms with Crippen LogP contribution in [0.3, 0.4) is 0 Å². The van der Waals surface area contributed by atoms with Gasteiger partial charge in [-0.05, 0) is 66.2 Å². The third-order valence-electron chi connectivity index (χ3n) is 5.51. The summed E-state index contributed by atoms with van der Waals surface area (Å²) < 4.78 is 11.5. The topological polar surface area (TPSA) is 84.9 Å². The van der Waals surface area contributed by atoms with Crippen molar-refractivity contribution in [2.75, 3.05) is 13.7 Å². The van der Waals surface area contributed by atoms with Crippen LogP contribution in [0.15, 0.2) is 12.2 Å². The van der Waals surface area contributed by atoms with Crippen LogP contribution in [0.4, 0.5) is 0 Å². The van der Waals surface area contributed by atoms with E-state index in [0.717, 1.165) is 44.1 Å². The molecule has 0 aromatic heterocycles. The Morgan fingerprint density at radius 2 is 1.87 bits per heavy atom. The highest BCUT2D eigenvalue weighted by atomic mass is 16.6. The van der Waals surface area contributed by atoms with E-state index in [4.69, 9.17) is 9.47 Å². The number of allylic oxidation sites excluding steroid dienone is 1. The molecule has 1 N–H and O–H groups in total. The first kappa shape index (κ1) is 27.1. The van der Waals surface area contributed by atoms with Crippen molar-refractivity contribution >= 4 is 18.3 Å². The Morgan fingerprint density at radius 3 is 2.35 bits per heavy atom. The van der Waals surface area contributed by atoms with Gasteiger partial charge in [0.1, 0.15) is 6.10 Å². The molecule has 7 heteroatoms. The van der Waals surface area contributed by atoms with Crippen LogP contribution in [-0.2, 0) is 23.9 Å². The van der Waals surface area contributed by atoms with Crippen molar-refractivity contribution in [2.24, 2.45) is 5.92 Å². The normalized spacial score (nSPS) is 17.5. The molecule has 1 aliphatic rings. The van der Waals surface area contributed by atoms with Gasteiger partial charge < -0.3 is 19.7 Å². The number of esters is 1. The number of nitrogens with zero attached hydrogens (tertiary/aromatic N) is 1. The lowest BCUT2D eigenvalue weighted by Crippen LogP contribution is -2.52. The van der Waals surface area contributed by atoms with Crippen molar-refractivity contribution in [2.45, 2.75) is 103 Å². The third kappa shape index (κ3) is 9.85. The molecule has 0 aromatic rings. The summed E-state index contributed by atoms with van der Waals surface area (Å²) in [6.45, 7) is 13.5. The second-order valence-corrected chi connectivity index (χ2v) is 9.72. The van der Waals surface area contributed by atoms with Gasteiger partial charge in [0.05, 0.1) is 18.1 Å². The molecular formula is C24H42N2O5. The van der Waals surface area contributed by atoms with Crippen molar-refractivity contribution in [3.8, 4) is 0 Å². The maximum atomic E-state index is 13.3. The Morgan fingerprint density at radius 1 is 1.26 bits per heavy atom. The summed E-state index contributed by atoms with van der Waals surface area (Å²) in [6.07, 6.45) is 6.38. The van der Waals surface area contributed by atoms with Gasteiger partial charge in [0, 0.05) is 13.1 Å². The van der Waals surface area contributed by atoms with E-state index in [0.29, 0.717) is 12.8 Å². The third-order valence-corrected chi connectivity index (χ3v) is 5.51. The lowest BCUT2D eigenvalue weighted by Gasteiger charge is -2.33. The summed E-state index contributed by atoms with van der Waals surface area (Å²) in [7, 11) is 1.68. The van der Waals surface area contributed by atoms with Gasteiger partial charge in [0.15, 0.2) is 6.04 Å². The molecule has 0 radical (unpaired) electrons. The fourth-order valence-corrected chi connectivity index (χ4v) is 3.87. The Balaban J connectivity index is 3.03. The number of ether oxygens (including phenoxy) is 2. The predicted octanol–water partition coefficient (Wildman–Crippen LogP) is 3.61. The lowest BCUT2D eigenvalue weighted by atomic mass is 9.88. The van der Waals surface area contributed by atoms with Gasteiger partial charge in [-0.2, -0.15) is 0 Å². The van der Waals surface area contributed by atoms with Gasteiger partial charge in [0.25, 0.3) is 0 Å².